The number of aromatic carboxylic acids is 1. The third kappa shape index (κ3) is 4.60. The number of carboxylic acids is 1. The Morgan fingerprint density at radius 2 is 1.79 bits per heavy atom. The van der Waals surface area contributed by atoms with Crippen molar-refractivity contribution >= 4 is 44.8 Å². The maximum atomic E-state index is 13.4. The van der Waals surface area contributed by atoms with E-state index >= 15 is 0 Å². The van der Waals surface area contributed by atoms with Gasteiger partial charge in [0.15, 0.2) is 0 Å². The highest BCUT2D eigenvalue weighted by molar-refractivity contribution is 9.10. The number of alkyl halides is 2. The highest BCUT2D eigenvalue weighted by Gasteiger charge is 2.38. The fraction of sp³-hybridized carbons (Fsp3) is 0.400. The molecular formula is C20H20BrF2NO3S. The molecule has 4 nitrogen and oxygen atoms in total. The van der Waals surface area contributed by atoms with E-state index in [2.05, 4.69) is 21.2 Å². The molecule has 3 rings (SSSR count). The molecule has 0 spiro atoms. The van der Waals surface area contributed by atoms with E-state index in [1.54, 1.807) is 17.5 Å². The van der Waals surface area contributed by atoms with Crippen molar-refractivity contribution in [2.45, 2.75) is 38.5 Å². The average Bonchev–Trinajstić information content (AvgIpc) is 3.05. The van der Waals surface area contributed by atoms with Gasteiger partial charge in [-0.3, -0.25) is 4.79 Å². The zero-order valence-electron chi connectivity index (χ0n) is 15.2. The van der Waals surface area contributed by atoms with E-state index in [4.69, 9.17) is 0 Å². The number of anilines is 1. The van der Waals surface area contributed by atoms with Gasteiger partial charge < -0.3 is 10.4 Å². The Morgan fingerprint density at radius 1 is 1.18 bits per heavy atom. The number of hydrogen-bond acceptors (Lipinski definition) is 3. The van der Waals surface area contributed by atoms with E-state index in [-0.39, 0.29) is 23.1 Å². The number of thiophene rings is 1. The molecule has 150 valence electrons. The van der Waals surface area contributed by atoms with Gasteiger partial charge in [0.2, 0.25) is 11.8 Å². The van der Waals surface area contributed by atoms with Crippen LogP contribution < -0.4 is 5.32 Å². The highest BCUT2D eigenvalue weighted by atomic mass is 79.9. The molecule has 1 aromatic carbocycles. The third-order valence-corrected chi connectivity index (χ3v) is 6.74. The van der Waals surface area contributed by atoms with Crippen LogP contribution in [0.25, 0.3) is 10.4 Å². The van der Waals surface area contributed by atoms with E-state index in [1.807, 2.05) is 12.1 Å². The molecule has 0 atom stereocenters. The lowest BCUT2D eigenvalue weighted by atomic mass is 9.79. The van der Waals surface area contributed by atoms with Gasteiger partial charge in [0, 0.05) is 21.7 Å². The number of nitrogens with one attached hydrogen (secondary N) is 1. The number of hydrogen-bond donors (Lipinski definition) is 2. The number of benzene rings is 1. The molecule has 0 bridgehead atoms. The van der Waals surface area contributed by atoms with Crippen LogP contribution in [0.2, 0.25) is 0 Å². The van der Waals surface area contributed by atoms with Crippen LogP contribution in [0.3, 0.4) is 0 Å². The number of amides is 1. The van der Waals surface area contributed by atoms with E-state index in [0.717, 1.165) is 17.0 Å². The van der Waals surface area contributed by atoms with Gasteiger partial charge in [0.25, 0.3) is 0 Å². The van der Waals surface area contributed by atoms with Crippen molar-refractivity contribution in [1.82, 2.24) is 0 Å². The van der Waals surface area contributed by atoms with E-state index in [1.165, 1.54) is 11.3 Å². The van der Waals surface area contributed by atoms with Gasteiger partial charge in [0.05, 0.1) is 10.6 Å². The van der Waals surface area contributed by atoms with Crippen LogP contribution in [0.1, 0.15) is 43.0 Å². The summed E-state index contributed by atoms with van der Waals surface area (Å²) >= 11 is 4.59. The molecule has 2 aromatic rings. The van der Waals surface area contributed by atoms with Crippen LogP contribution in [0, 0.1) is 11.8 Å². The van der Waals surface area contributed by atoms with Gasteiger partial charge in [0.1, 0.15) is 5.56 Å². The standard InChI is InChI=1S/C20H20BrF2NO3S/c1-20(22,23)13-6-2-12(3-7-13)18(25)24-15-10-28-17(16(15)19(26)27)11-4-8-14(21)9-5-11/h4-5,8-10,12-13H,2-3,6-7H2,1H3,(H,24,25)(H,26,27). The molecule has 1 aliphatic carbocycles. The minimum Gasteiger partial charge on any atom is -0.478 e. The Bertz CT molecular complexity index is 869. The number of carbonyl (C=O) groups is 2. The van der Waals surface area contributed by atoms with Gasteiger partial charge >= 0.3 is 5.97 Å². The second kappa shape index (κ2) is 8.29. The fourth-order valence-corrected chi connectivity index (χ4v) is 4.84. The molecule has 0 unspecified atom stereocenters. The van der Waals surface area contributed by atoms with Gasteiger partial charge in [-0.15, -0.1) is 11.3 Å². The van der Waals surface area contributed by atoms with Crippen LogP contribution in [-0.2, 0) is 4.79 Å². The average molecular weight is 472 g/mol. The Kier molecular flexibility index (Phi) is 6.19. The van der Waals surface area contributed by atoms with Crippen molar-refractivity contribution in [3.05, 3.63) is 39.7 Å². The molecule has 1 amide bonds. The minimum absolute atomic E-state index is 0.0504. The van der Waals surface area contributed by atoms with Crippen molar-refractivity contribution in [3.63, 3.8) is 0 Å². The van der Waals surface area contributed by atoms with Crippen LogP contribution in [-0.4, -0.2) is 22.9 Å². The van der Waals surface area contributed by atoms with Crippen LogP contribution >= 0.6 is 27.3 Å². The van der Waals surface area contributed by atoms with Crippen molar-refractivity contribution < 1.29 is 23.5 Å². The molecule has 1 fully saturated rings. The molecule has 1 heterocycles. The monoisotopic (exact) mass is 471 g/mol. The van der Waals surface area contributed by atoms with Crippen molar-refractivity contribution in [2.24, 2.45) is 11.8 Å². The van der Waals surface area contributed by atoms with Crippen LogP contribution in [0.15, 0.2) is 34.1 Å². The lowest BCUT2D eigenvalue weighted by Crippen LogP contribution is -2.33. The first-order chi connectivity index (χ1) is 13.2. The normalized spacial score (nSPS) is 20.0. The summed E-state index contributed by atoms with van der Waals surface area (Å²) in [5.74, 6) is -5.23. The summed E-state index contributed by atoms with van der Waals surface area (Å²) in [5, 5.41) is 14.0. The second-order valence-electron chi connectivity index (χ2n) is 7.16. The molecule has 0 saturated heterocycles. The predicted molar refractivity (Wildman–Crippen MR) is 109 cm³/mol. The Labute approximate surface area is 174 Å². The molecule has 28 heavy (non-hydrogen) atoms. The van der Waals surface area contributed by atoms with Crippen molar-refractivity contribution in [2.75, 3.05) is 5.32 Å². The van der Waals surface area contributed by atoms with E-state index in [9.17, 15) is 23.5 Å². The highest BCUT2D eigenvalue weighted by Crippen LogP contribution is 2.40. The summed E-state index contributed by atoms with van der Waals surface area (Å²) in [4.78, 5) is 25.0. The summed E-state index contributed by atoms with van der Waals surface area (Å²) in [6, 6.07) is 7.25. The zero-order chi connectivity index (χ0) is 20.5. The summed E-state index contributed by atoms with van der Waals surface area (Å²) < 4.78 is 27.8. The van der Waals surface area contributed by atoms with Crippen molar-refractivity contribution in [3.8, 4) is 10.4 Å². The first-order valence-electron chi connectivity index (χ1n) is 8.96. The number of halogens is 3. The molecule has 2 N–H and O–H groups in total. The van der Waals surface area contributed by atoms with E-state index in [0.29, 0.717) is 30.6 Å². The van der Waals surface area contributed by atoms with E-state index < -0.39 is 17.8 Å². The lowest BCUT2D eigenvalue weighted by molar-refractivity contribution is -0.123. The molecular weight excluding hydrogens is 452 g/mol. The minimum atomic E-state index is -2.73. The van der Waals surface area contributed by atoms with Crippen molar-refractivity contribution in [1.29, 1.82) is 0 Å². The van der Waals surface area contributed by atoms with Gasteiger partial charge in [-0.1, -0.05) is 28.1 Å². The summed E-state index contributed by atoms with van der Waals surface area (Å²) in [5.41, 5.74) is 1.05. The molecule has 1 saturated carbocycles. The summed E-state index contributed by atoms with van der Waals surface area (Å²) in [6.07, 6.45) is 1.35. The predicted octanol–water partition coefficient (Wildman–Crippen LogP) is 6.28. The molecule has 8 heteroatoms. The Hall–Kier alpha value is -1.80. The first kappa shape index (κ1) is 20.9. The Balaban J connectivity index is 1.75. The quantitative estimate of drug-likeness (QED) is 0.539. The Morgan fingerprint density at radius 3 is 2.32 bits per heavy atom. The summed E-state index contributed by atoms with van der Waals surface area (Å²) in [7, 11) is 0. The topological polar surface area (TPSA) is 66.4 Å². The van der Waals surface area contributed by atoms with Crippen LogP contribution in [0.4, 0.5) is 14.5 Å². The number of rotatable bonds is 5. The maximum Gasteiger partial charge on any atom is 0.339 e. The smallest absolute Gasteiger partial charge is 0.339 e. The molecule has 1 aromatic heterocycles. The first-order valence-corrected chi connectivity index (χ1v) is 10.6. The lowest BCUT2D eigenvalue weighted by Gasteiger charge is -2.31. The van der Waals surface area contributed by atoms with Crippen LogP contribution in [0.5, 0.6) is 0 Å². The largest absolute Gasteiger partial charge is 0.478 e. The number of carboxylic acid groups (broad SMARTS) is 1. The molecule has 1 aliphatic rings. The number of carbonyl (C=O) groups excluding carboxylic acids is 1. The maximum absolute atomic E-state index is 13.4. The van der Waals surface area contributed by atoms with Gasteiger partial charge in [-0.05, 0) is 50.3 Å². The second-order valence-corrected chi connectivity index (χ2v) is 8.95. The molecule has 0 aliphatic heterocycles. The SMILES string of the molecule is CC(F)(F)C1CCC(C(=O)Nc2csc(-c3ccc(Br)cc3)c2C(=O)O)CC1. The zero-order valence-corrected chi connectivity index (χ0v) is 17.6. The fourth-order valence-electron chi connectivity index (χ4n) is 3.57. The van der Waals surface area contributed by atoms with Gasteiger partial charge in [-0.2, -0.15) is 0 Å². The van der Waals surface area contributed by atoms with Gasteiger partial charge in [-0.25, -0.2) is 13.6 Å². The molecule has 0 radical (unpaired) electrons. The summed E-state index contributed by atoms with van der Waals surface area (Å²) in [6.45, 7) is 0.923. The third-order valence-electron chi connectivity index (χ3n) is 5.18.